The molecule has 4 nitrogen and oxygen atoms in total. The molecular weight excluding hydrogens is 559 g/mol. The van der Waals surface area contributed by atoms with Gasteiger partial charge in [-0.1, -0.05) is 57.6 Å². The van der Waals surface area contributed by atoms with Gasteiger partial charge in [-0.2, -0.15) is 0 Å². The van der Waals surface area contributed by atoms with Crippen LogP contribution in [0, 0.1) is 5.92 Å². The molecule has 0 aromatic heterocycles. The van der Waals surface area contributed by atoms with E-state index in [1.807, 2.05) is 29.2 Å². The molecule has 1 aromatic rings. The molecular formula is C23H32ClIN2O2SSi. The normalized spacial score (nSPS) is 28.5. The smallest absolute Gasteiger partial charge is 0.236 e. The molecule has 8 heteroatoms. The lowest BCUT2D eigenvalue weighted by molar-refractivity contribution is -0.154. The lowest BCUT2D eigenvalue weighted by atomic mass is 9.75. The van der Waals surface area contributed by atoms with Gasteiger partial charge in [0.15, 0.2) is 13.5 Å². The summed E-state index contributed by atoms with van der Waals surface area (Å²) in [5.74, 6) is -0.0876. The molecule has 2 aliphatic heterocycles. The van der Waals surface area contributed by atoms with Crippen molar-refractivity contribution in [3.63, 3.8) is 0 Å². The molecule has 2 heterocycles. The number of halogens is 2. The predicted octanol–water partition coefficient (Wildman–Crippen LogP) is 7.41. The van der Waals surface area contributed by atoms with Crippen molar-refractivity contribution in [2.75, 3.05) is 0 Å². The van der Waals surface area contributed by atoms with Crippen LogP contribution in [0.5, 0.6) is 0 Å². The van der Waals surface area contributed by atoms with E-state index in [9.17, 15) is 4.79 Å². The highest BCUT2D eigenvalue weighted by Gasteiger charge is 2.67. The lowest BCUT2D eigenvalue weighted by Crippen LogP contribution is -2.69. The number of β-lactam (4-membered cyclic amide) rings is 1. The Labute approximate surface area is 210 Å². The third-order valence-corrected chi connectivity index (χ3v) is 14.7. The maximum atomic E-state index is 13.4. The summed E-state index contributed by atoms with van der Waals surface area (Å²) in [7, 11) is -2.00. The van der Waals surface area contributed by atoms with Crippen molar-refractivity contribution in [3.05, 3.63) is 39.4 Å². The monoisotopic (exact) mass is 590 g/mol. The molecule has 0 aliphatic carbocycles. The van der Waals surface area contributed by atoms with Gasteiger partial charge in [0.05, 0.1) is 28.5 Å². The SMILES string of the molecule is C=C(I)C1(CC)SC(=Nc2ccc(Cl)cc2)N2C(=O)[C@H]([C@@H](C)O[Si](C)(C)C(C)(C)C)[C@H]21. The van der Waals surface area contributed by atoms with E-state index in [2.05, 4.69) is 76.9 Å². The van der Waals surface area contributed by atoms with Crippen molar-refractivity contribution in [2.24, 2.45) is 10.9 Å². The van der Waals surface area contributed by atoms with Gasteiger partial charge >= 0.3 is 0 Å². The standard InChI is InChI=1S/C23H32ClIN2O2SSi/c1-9-23(15(3)25)19-18(14(2)29-31(7,8)22(4,5)6)20(28)27(19)21(30-23)26-17-12-10-16(24)11-13-17/h10-14,18-19H,3,9H2,1-2,4-8H3/t14-,18-,19+,23?/m1/s1. The number of carbonyl (C=O) groups excluding carboxylic acids is 1. The summed E-state index contributed by atoms with van der Waals surface area (Å²) in [6, 6.07) is 7.39. The molecule has 2 fully saturated rings. The number of fused-ring (bicyclic) bond motifs is 1. The maximum absolute atomic E-state index is 13.4. The number of amides is 1. The van der Waals surface area contributed by atoms with Gasteiger partial charge in [0, 0.05) is 8.60 Å². The third-order valence-electron chi connectivity index (χ3n) is 6.93. The molecule has 0 spiro atoms. The molecule has 3 rings (SSSR count). The molecule has 4 atom stereocenters. The Morgan fingerprint density at radius 2 is 1.97 bits per heavy atom. The molecule has 2 saturated heterocycles. The number of thioether (sulfide) groups is 1. The number of benzene rings is 1. The molecule has 2 aliphatic rings. The Balaban J connectivity index is 1.96. The van der Waals surface area contributed by atoms with Gasteiger partial charge in [0.2, 0.25) is 5.91 Å². The van der Waals surface area contributed by atoms with Crippen molar-refractivity contribution in [1.29, 1.82) is 0 Å². The van der Waals surface area contributed by atoms with E-state index in [1.54, 1.807) is 11.8 Å². The minimum Gasteiger partial charge on any atom is -0.413 e. The van der Waals surface area contributed by atoms with E-state index in [-0.39, 0.29) is 33.8 Å². The second-order valence-corrected chi connectivity index (χ2v) is 17.7. The fraction of sp³-hybridized carbons (Fsp3) is 0.565. The Bertz CT molecular complexity index is 915. The number of aliphatic imine (C=N–C) groups is 1. The minimum atomic E-state index is -2.00. The second-order valence-electron chi connectivity index (χ2n) is 9.88. The number of hydrogen-bond acceptors (Lipinski definition) is 4. The minimum absolute atomic E-state index is 0.00483. The molecule has 1 amide bonds. The second kappa shape index (κ2) is 8.78. The zero-order valence-electron chi connectivity index (χ0n) is 19.3. The summed E-state index contributed by atoms with van der Waals surface area (Å²) in [5.41, 5.74) is 0.790. The summed E-state index contributed by atoms with van der Waals surface area (Å²) in [4.78, 5) is 20.1. The van der Waals surface area contributed by atoms with Gasteiger partial charge in [-0.15, -0.1) is 0 Å². The number of rotatable bonds is 6. The summed E-state index contributed by atoms with van der Waals surface area (Å²) >= 11 is 10.0. The van der Waals surface area contributed by atoms with Crippen LogP contribution in [0.3, 0.4) is 0 Å². The zero-order valence-corrected chi connectivity index (χ0v) is 24.1. The van der Waals surface area contributed by atoms with Crippen molar-refractivity contribution in [1.82, 2.24) is 4.90 Å². The molecule has 1 unspecified atom stereocenters. The van der Waals surface area contributed by atoms with Crippen LogP contribution in [-0.4, -0.2) is 41.2 Å². The van der Waals surface area contributed by atoms with Crippen LogP contribution in [0.2, 0.25) is 23.2 Å². The summed E-state index contributed by atoms with van der Waals surface area (Å²) in [6.07, 6.45) is 0.725. The van der Waals surface area contributed by atoms with E-state index in [4.69, 9.17) is 21.0 Å². The highest BCUT2D eigenvalue weighted by Crippen LogP contribution is 2.58. The first-order valence-corrected chi connectivity index (χ1v) is 15.8. The van der Waals surface area contributed by atoms with Crippen LogP contribution < -0.4 is 0 Å². The molecule has 0 radical (unpaired) electrons. The van der Waals surface area contributed by atoms with Gasteiger partial charge in [0.25, 0.3) is 0 Å². The number of amidine groups is 1. The molecule has 31 heavy (non-hydrogen) atoms. The van der Waals surface area contributed by atoms with E-state index in [0.29, 0.717) is 5.02 Å². The average Bonchev–Trinajstić information content (AvgIpc) is 2.92. The Kier molecular flexibility index (Phi) is 7.16. The molecule has 0 N–H and O–H groups in total. The van der Waals surface area contributed by atoms with Gasteiger partial charge < -0.3 is 4.43 Å². The van der Waals surface area contributed by atoms with Gasteiger partial charge in [-0.3, -0.25) is 9.69 Å². The fourth-order valence-electron chi connectivity index (χ4n) is 4.06. The average molecular weight is 591 g/mol. The Morgan fingerprint density at radius 1 is 1.39 bits per heavy atom. The first kappa shape index (κ1) is 25.3. The summed E-state index contributed by atoms with van der Waals surface area (Å²) < 4.78 is 7.44. The van der Waals surface area contributed by atoms with Crippen molar-refractivity contribution < 1.29 is 9.22 Å². The van der Waals surface area contributed by atoms with Gasteiger partial charge in [-0.25, -0.2) is 4.99 Å². The maximum Gasteiger partial charge on any atom is 0.236 e. The zero-order chi connectivity index (χ0) is 23.4. The quantitative estimate of drug-likeness (QED) is 0.197. The van der Waals surface area contributed by atoms with Crippen molar-refractivity contribution >= 4 is 71.0 Å². The Morgan fingerprint density at radius 3 is 2.45 bits per heavy atom. The van der Waals surface area contributed by atoms with Crippen LogP contribution in [0.25, 0.3) is 0 Å². The first-order valence-electron chi connectivity index (χ1n) is 10.6. The molecule has 0 saturated carbocycles. The van der Waals surface area contributed by atoms with E-state index >= 15 is 0 Å². The van der Waals surface area contributed by atoms with Crippen LogP contribution in [-0.2, 0) is 9.22 Å². The van der Waals surface area contributed by atoms with Gasteiger partial charge in [0.1, 0.15) is 0 Å². The molecule has 1 aromatic carbocycles. The highest BCUT2D eigenvalue weighted by atomic mass is 127. The van der Waals surface area contributed by atoms with Crippen LogP contribution in [0.15, 0.2) is 39.4 Å². The number of carbonyl (C=O) groups is 1. The lowest BCUT2D eigenvalue weighted by Gasteiger charge is -2.51. The third kappa shape index (κ3) is 4.41. The molecule has 0 bridgehead atoms. The van der Waals surface area contributed by atoms with E-state index in [0.717, 1.165) is 20.9 Å². The van der Waals surface area contributed by atoms with Crippen molar-refractivity contribution in [3.8, 4) is 0 Å². The molecule has 170 valence electrons. The predicted molar refractivity (Wildman–Crippen MR) is 144 cm³/mol. The van der Waals surface area contributed by atoms with Crippen LogP contribution in [0.4, 0.5) is 5.69 Å². The number of nitrogens with zero attached hydrogens (tertiary/aromatic N) is 2. The van der Waals surface area contributed by atoms with Gasteiger partial charge in [-0.05, 0) is 78.3 Å². The van der Waals surface area contributed by atoms with E-state index in [1.165, 1.54) is 0 Å². The van der Waals surface area contributed by atoms with Crippen molar-refractivity contribution in [2.45, 2.75) is 76.1 Å². The van der Waals surface area contributed by atoms with E-state index < -0.39 is 8.32 Å². The fourth-order valence-corrected chi connectivity index (χ4v) is 8.05. The summed E-state index contributed by atoms with van der Waals surface area (Å²) in [5, 5.41) is 1.50. The van der Waals surface area contributed by atoms with Crippen LogP contribution in [0.1, 0.15) is 41.0 Å². The summed E-state index contributed by atoms with van der Waals surface area (Å²) in [6.45, 7) is 19.7. The van der Waals surface area contributed by atoms with Crippen LogP contribution >= 0.6 is 46.0 Å². The largest absolute Gasteiger partial charge is 0.413 e. The topological polar surface area (TPSA) is 41.9 Å². The first-order chi connectivity index (χ1) is 14.2. The highest BCUT2D eigenvalue weighted by molar-refractivity contribution is 14.1. The number of hydrogen-bond donors (Lipinski definition) is 0. The Hall–Kier alpha value is -0.353.